The normalized spacial score (nSPS) is 17.4. The van der Waals surface area contributed by atoms with Gasteiger partial charge in [0, 0.05) is 28.4 Å². The monoisotopic (exact) mass is 554 g/mol. The Kier molecular flexibility index (Phi) is 7.57. The smallest absolute Gasteiger partial charge is 0.341 e. The van der Waals surface area contributed by atoms with Crippen LogP contribution < -0.4 is 5.32 Å². The molecule has 7 nitrogen and oxygen atoms in total. The number of nitrogens with one attached hydrogen (secondary N) is 1. The molecule has 10 heteroatoms. The summed E-state index contributed by atoms with van der Waals surface area (Å²) in [6.45, 7) is 0.610. The Hall–Kier alpha value is -1.75. The first-order valence-electron chi connectivity index (χ1n) is 11.0. The Morgan fingerprint density at radius 2 is 1.94 bits per heavy atom. The number of amides is 1. The Labute approximate surface area is 206 Å². The number of thiophene rings is 1. The summed E-state index contributed by atoms with van der Waals surface area (Å²) in [6, 6.07) is 7.27. The van der Waals surface area contributed by atoms with Crippen LogP contribution in [0.4, 0.5) is 5.00 Å². The number of fused-ring (bicyclic) bond motifs is 1. The van der Waals surface area contributed by atoms with Gasteiger partial charge in [-0.05, 0) is 61.8 Å². The first-order valence-corrected chi connectivity index (χ1v) is 14.3. The van der Waals surface area contributed by atoms with Crippen LogP contribution in [0.2, 0.25) is 0 Å². The van der Waals surface area contributed by atoms with E-state index in [0.717, 1.165) is 46.2 Å². The third kappa shape index (κ3) is 5.50. The minimum atomic E-state index is -3.46. The number of anilines is 1. The van der Waals surface area contributed by atoms with E-state index < -0.39 is 16.0 Å². The van der Waals surface area contributed by atoms with E-state index in [4.69, 9.17) is 4.74 Å². The Morgan fingerprint density at radius 3 is 2.64 bits per heavy atom. The number of carbonyl (C=O) groups excluding carboxylic acids is 2. The zero-order valence-electron chi connectivity index (χ0n) is 18.4. The molecule has 0 saturated carbocycles. The van der Waals surface area contributed by atoms with Gasteiger partial charge in [0.05, 0.1) is 18.4 Å². The summed E-state index contributed by atoms with van der Waals surface area (Å²) in [5.74, 6) is -0.945. The fourth-order valence-electron chi connectivity index (χ4n) is 4.51. The summed E-state index contributed by atoms with van der Waals surface area (Å²) in [6.07, 6.45) is 4.72. The van der Waals surface area contributed by atoms with Gasteiger partial charge in [0.2, 0.25) is 15.9 Å². The Bertz CT molecular complexity index is 1150. The predicted octanol–water partition coefficient (Wildman–Crippen LogP) is 4.36. The number of methoxy groups -OCH3 is 1. The minimum absolute atomic E-state index is 0.0630. The highest BCUT2D eigenvalue weighted by Crippen LogP contribution is 2.39. The Morgan fingerprint density at radius 1 is 1.21 bits per heavy atom. The molecular weight excluding hydrogens is 528 g/mol. The van der Waals surface area contributed by atoms with Crippen LogP contribution in [-0.4, -0.2) is 44.8 Å². The molecule has 0 unspecified atom stereocenters. The van der Waals surface area contributed by atoms with Crippen molar-refractivity contribution in [1.82, 2.24) is 4.31 Å². The molecule has 1 aliphatic heterocycles. The summed E-state index contributed by atoms with van der Waals surface area (Å²) >= 11 is 4.83. The molecule has 0 radical (unpaired) electrons. The third-order valence-electron chi connectivity index (χ3n) is 6.25. The quantitative estimate of drug-likeness (QED) is 0.535. The summed E-state index contributed by atoms with van der Waals surface area (Å²) < 4.78 is 33.0. The maximum Gasteiger partial charge on any atom is 0.341 e. The molecule has 1 aromatic carbocycles. The van der Waals surface area contributed by atoms with Crippen LogP contribution >= 0.6 is 27.3 Å². The molecule has 0 spiro atoms. The molecular formula is C23H27BrN2O5S2. The average molecular weight is 556 g/mol. The molecule has 1 fully saturated rings. The molecule has 2 aromatic rings. The number of hydrogen-bond acceptors (Lipinski definition) is 6. The molecule has 1 N–H and O–H groups in total. The van der Waals surface area contributed by atoms with Crippen LogP contribution in [0, 0.1) is 5.92 Å². The van der Waals surface area contributed by atoms with Crippen molar-refractivity contribution in [1.29, 1.82) is 0 Å². The zero-order valence-corrected chi connectivity index (χ0v) is 21.7. The molecule has 1 aliphatic carbocycles. The van der Waals surface area contributed by atoms with Gasteiger partial charge in [-0.2, -0.15) is 0 Å². The number of halogens is 1. The van der Waals surface area contributed by atoms with E-state index in [-0.39, 0.29) is 17.6 Å². The van der Waals surface area contributed by atoms with Gasteiger partial charge in [0.25, 0.3) is 0 Å². The van der Waals surface area contributed by atoms with Crippen LogP contribution in [0.25, 0.3) is 0 Å². The maximum absolute atomic E-state index is 13.0. The molecule has 0 bridgehead atoms. The first-order chi connectivity index (χ1) is 15.8. The molecule has 1 amide bonds. The highest BCUT2D eigenvalue weighted by Gasteiger charge is 2.33. The van der Waals surface area contributed by atoms with Crippen molar-refractivity contribution in [3.8, 4) is 0 Å². The number of ether oxygens (including phenoxy) is 1. The molecule has 33 heavy (non-hydrogen) atoms. The second kappa shape index (κ2) is 10.2. The van der Waals surface area contributed by atoms with Gasteiger partial charge in [-0.15, -0.1) is 11.3 Å². The number of esters is 1. The van der Waals surface area contributed by atoms with Crippen molar-refractivity contribution in [3.05, 3.63) is 50.3 Å². The molecule has 1 aromatic heterocycles. The number of carbonyl (C=O) groups is 2. The molecule has 178 valence electrons. The zero-order chi connectivity index (χ0) is 23.6. The number of nitrogens with zero attached hydrogens (tertiary/aromatic N) is 1. The number of sulfonamides is 1. The summed E-state index contributed by atoms with van der Waals surface area (Å²) in [4.78, 5) is 26.5. The summed E-state index contributed by atoms with van der Waals surface area (Å²) in [5.41, 5.74) is 2.21. The van der Waals surface area contributed by atoms with E-state index in [1.807, 2.05) is 12.1 Å². The number of hydrogen-bond donors (Lipinski definition) is 1. The number of benzene rings is 1. The lowest BCUT2D eigenvalue weighted by Crippen LogP contribution is -2.41. The second-order valence-corrected chi connectivity index (χ2v) is 12.4. The number of aryl methyl sites for hydroxylation is 1. The van der Waals surface area contributed by atoms with Crippen LogP contribution in [0.1, 0.15) is 52.0 Å². The first kappa shape index (κ1) is 24.4. The van der Waals surface area contributed by atoms with E-state index in [1.165, 1.54) is 22.8 Å². The van der Waals surface area contributed by atoms with Gasteiger partial charge in [-0.3, -0.25) is 4.79 Å². The lowest BCUT2D eigenvalue weighted by Gasteiger charge is -2.30. The molecule has 0 atom stereocenters. The van der Waals surface area contributed by atoms with Gasteiger partial charge >= 0.3 is 5.97 Å². The molecule has 2 heterocycles. The van der Waals surface area contributed by atoms with Crippen molar-refractivity contribution in [2.24, 2.45) is 5.92 Å². The van der Waals surface area contributed by atoms with Crippen LogP contribution in [0.3, 0.4) is 0 Å². The average Bonchev–Trinajstić information content (AvgIpc) is 3.16. The summed E-state index contributed by atoms with van der Waals surface area (Å²) in [7, 11) is -2.11. The van der Waals surface area contributed by atoms with Crippen molar-refractivity contribution in [2.45, 2.75) is 44.3 Å². The van der Waals surface area contributed by atoms with E-state index in [0.29, 0.717) is 36.5 Å². The summed E-state index contributed by atoms with van der Waals surface area (Å²) in [5, 5.41) is 3.52. The van der Waals surface area contributed by atoms with E-state index in [1.54, 1.807) is 12.1 Å². The third-order valence-corrected chi connectivity index (χ3v) is 9.80. The minimum Gasteiger partial charge on any atom is -0.465 e. The largest absolute Gasteiger partial charge is 0.465 e. The van der Waals surface area contributed by atoms with E-state index in [2.05, 4.69) is 21.2 Å². The topological polar surface area (TPSA) is 92.8 Å². The standard InChI is InChI=1S/C23H27BrN2O5S2/c1-31-23(28)20-18-7-2-3-8-19(18)32-22(20)25-21(27)16-9-11-26(12-10-16)33(29,30)14-15-5-4-6-17(24)13-15/h4-6,13,16H,2-3,7-12,14H2,1H3,(H,25,27). The lowest BCUT2D eigenvalue weighted by atomic mass is 9.95. The van der Waals surface area contributed by atoms with Gasteiger partial charge in [-0.1, -0.05) is 28.1 Å². The van der Waals surface area contributed by atoms with E-state index in [9.17, 15) is 18.0 Å². The molecule has 1 saturated heterocycles. The van der Waals surface area contributed by atoms with Gasteiger partial charge < -0.3 is 10.1 Å². The van der Waals surface area contributed by atoms with E-state index >= 15 is 0 Å². The molecule has 2 aliphatic rings. The maximum atomic E-state index is 13.0. The number of rotatable bonds is 6. The highest BCUT2D eigenvalue weighted by atomic mass is 79.9. The predicted molar refractivity (Wildman–Crippen MR) is 132 cm³/mol. The number of piperidine rings is 1. The van der Waals surface area contributed by atoms with Crippen molar-refractivity contribution < 1.29 is 22.7 Å². The second-order valence-electron chi connectivity index (χ2n) is 8.46. The van der Waals surface area contributed by atoms with Gasteiger partial charge in [0.15, 0.2) is 0 Å². The van der Waals surface area contributed by atoms with Crippen molar-refractivity contribution >= 4 is 54.2 Å². The van der Waals surface area contributed by atoms with Crippen LogP contribution in [0.15, 0.2) is 28.7 Å². The van der Waals surface area contributed by atoms with Crippen molar-refractivity contribution in [3.63, 3.8) is 0 Å². The van der Waals surface area contributed by atoms with Crippen molar-refractivity contribution in [2.75, 3.05) is 25.5 Å². The highest BCUT2D eigenvalue weighted by molar-refractivity contribution is 9.10. The molecule has 4 rings (SSSR count). The van der Waals surface area contributed by atoms with Gasteiger partial charge in [0.1, 0.15) is 5.00 Å². The SMILES string of the molecule is COC(=O)c1c(NC(=O)C2CCN(S(=O)(=O)Cc3cccc(Br)c3)CC2)sc2c1CCCC2. The van der Waals surface area contributed by atoms with Crippen LogP contribution in [0.5, 0.6) is 0 Å². The fourth-order valence-corrected chi connectivity index (χ4v) is 7.79. The van der Waals surface area contributed by atoms with Crippen LogP contribution in [-0.2, 0) is 38.1 Å². The Balaban J connectivity index is 1.40. The lowest BCUT2D eigenvalue weighted by molar-refractivity contribution is -0.120. The fraction of sp³-hybridized carbons (Fsp3) is 0.478. The van der Waals surface area contributed by atoms with Gasteiger partial charge in [-0.25, -0.2) is 17.5 Å².